The van der Waals surface area contributed by atoms with Crippen molar-refractivity contribution >= 4 is 22.5 Å². The van der Waals surface area contributed by atoms with Crippen LogP contribution in [0.15, 0.2) is 29.3 Å². The van der Waals surface area contributed by atoms with Crippen LogP contribution in [0.3, 0.4) is 0 Å². The molecule has 100 valence electrons. The van der Waals surface area contributed by atoms with Crippen LogP contribution < -0.4 is 5.56 Å². The lowest BCUT2D eigenvalue weighted by atomic mass is 10.0. The predicted molar refractivity (Wildman–Crippen MR) is 74.4 cm³/mol. The van der Waals surface area contributed by atoms with Gasteiger partial charge in [-0.3, -0.25) is 9.36 Å². The Morgan fingerprint density at radius 3 is 2.84 bits per heavy atom. The van der Waals surface area contributed by atoms with Crippen LogP contribution in [0.1, 0.15) is 25.7 Å². The minimum absolute atomic E-state index is 0.146. The molecule has 0 atom stereocenters. The molecule has 4 nitrogen and oxygen atoms in total. The number of aromatic nitrogens is 2. The van der Waals surface area contributed by atoms with E-state index in [1.807, 2.05) is 0 Å². The highest BCUT2D eigenvalue weighted by Gasteiger charge is 2.31. The van der Waals surface area contributed by atoms with Crippen molar-refractivity contribution in [1.82, 2.24) is 9.55 Å². The molecule has 1 heterocycles. The monoisotopic (exact) mass is 278 g/mol. The quantitative estimate of drug-likeness (QED) is 0.917. The highest BCUT2D eigenvalue weighted by molar-refractivity contribution is 6.34. The number of aliphatic hydroxyl groups is 1. The molecule has 0 bridgehead atoms. The topological polar surface area (TPSA) is 55.1 Å². The van der Waals surface area contributed by atoms with Gasteiger partial charge in [-0.2, -0.15) is 0 Å². The van der Waals surface area contributed by atoms with Crippen molar-refractivity contribution in [1.29, 1.82) is 0 Å². The largest absolute Gasteiger partial charge is 0.388 e. The van der Waals surface area contributed by atoms with E-state index in [9.17, 15) is 9.90 Å². The molecule has 5 heteroatoms. The fourth-order valence-corrected chi connectivity index (χ4v) is 3.00. The lowest BCUT2D eigenvalue weighted by Gasteiger charge is -2.22. The molecule has 19 heavy (non-hydrogen) atoms. The smallest absolute Gasteiger partial charge is 0.261 e. The van der Waals surface area contributed by atoms with Gasteiger partial charge in [0.15, 0.2) is 0 Å². The maximum Gasteiger partial charge on any atom is 0.261 e. The molecule has 0 saturated heterocycles. The highest BCUT2D eigenvalue weighted by Crippen LogP contribution is 2.30. The van der Waals surface area contributed by atoms with Crippen molar-refractivity contribution < 1.29 is 5.11 Å². The SMILES string of the molecule is O=c1c2cccc(Cl)c2ncn1CC1(O)CCCC1. The molecule has 1 aromatic carbocycles. The van der Waals surface area contributed by atoms with E-state index < -0.39 is 5.60 Å². The van der Waals surface area contributed by atoms with Crippen LogP contribution in [0.4, 0.5) is 0 Å². The second-order valence-corrected chi connectivity index (χ2v) is 5.65. The minimum atomic E-state index is -0.766. The Kier molecular flexibility index (Phi) is 3.07. The van der Waals surface area contributed by atoms with Crippen LogP contribution in [0.25, 0.3) is 10.9 Å². The van der Waals surface area contributed by atoms with E-state index in [0.29, 0.717) is 22.5 Å². The summed E-state index contributed by atoms with van der Waals surface area (Å²) in [6.45, 7) is 0.307. The third-order valence-electron chi connectivity index (χ3n) is 3.80. The standard InChI is InChI=1S/C14H15ClN2O2/c15-11-5-3-4-10-12(11)16-9-17(13(10)18)8-14(19)6-1-2-7-14/h3-5,9,19H,1-2,6-8H2. The summed E-state index contributed by atoms with van der Waals surface area (Å²) in [6.07, 6.45) is 4.99. The maximum atomic E-state index is 12.4. The van der Waals surface area contributed by atoms with Gasteiger partial charge in [0.05, 0.1) is 34.4 Å². The summed E-state index contributed by atoms with van der Waals surface area (Å²) in [6, 6.07) is 5.17. The van der Waals surface area contributed by atoms with E-state index in [1.165, 1.54) is 10.9 Å². The first-order valence-electron chi connectivity index (χ1n) is 6.45. The van der Waals surface area contributed by atoms with Crippen molar-refractivity contribution in [2.24, 2.45) is 0 Å². The summed E-state index contributed by atoms with van der Waals surface area (Å²) in [5.41, 5.74) is -0.394. The van der Waals surface area contributed by atoms with Gasteiger partial charge in [-0.05, 0) is 25.0 Å². The van der Waals surface area contributed by atoms with Gasteiger partial charge in [-0.25, -0.2) is 4.98 Å². The first-order valence-corrected chi connectivity index (χ1v) is 6.83. The molecular formula is C14H15ClN2O2. The van der Waals surface area contributed by atoms with Crippen LogP contribution in [0, 0.1) is 0 Å². The summed E-state index contributed by atoms with van der Waals surface area (Å²) in [7, 11) is 0. The van der Waals surface area contributed by atoms with Gasteiger partial charge in [-0.1, -0.05) is 30.5 Å². The third kappa shape index (κ3) is 2.26. The first kappa shape index (κ1) is 12.6. The van der Waals surface area contributed by atoms with Crippen LogP contribution in [-0.2, 0) is 6.54 Å². The number of hydrogen-bond acceptors (Lipinski definition) is 3. The van der Waals surface area contributed by atoms with E-state index in [1.54, 1.807) is 18.2 Å². The van der Waals surface area contributed by atoms with Crippen molar-refractivity contribution in [3.63, 3.8) is 0 Å². The van der Waals surface area contributed by atoms with Gasteiger partial charge < -0.3 is 5.11 Å². The lowest BCUT2D eigenvalue weighted by Crippen LogP contribution is -2.35. The van der Waals surface area contributed by atoms with Gasteiger partial charge in [-0.15, -0.1) is 0 Å². The fourth-order valence-electron chi connectivity index (χ4n) is 2.77. The summed E-state index contributed by atoms with van der Waals surface area (Å²) in [4.78, 5) is 16.6. The van der Waals surface area contributed by atoms with Crippen LogP contribution in [0.2, 0.25) is 5.02 Å². The number of para-hydroxylation sites is 1. The molecule has 1 fully saturated rings. The van der Waals surface area contributed by atoms with Gasteiger partial charge >= 0.3 is 0 Å². The van der Waals surface area contributed by atoms with Gasteiger partial charge in [0.1, 0.15) is 0 Å². The summed E-state index contributed by atoms with van der Waals surface area (Å²) >= 11 is 6.02. The molecule has 1 N–H and O–H groups in total. The lowest BCUT2D eigenvalue weighted by molar-refractivity contribution is 0.0288. The van der Waals surface area contributed by atoms with Crippen molar-refractivity contribution in [2.45, 2.75) is 37.8 Å². The van der Waals surface area contributed by atoms with E-state index in [0.717, 1.165) is 25.7 Å². The minimum Gasteiger partial charge on any atom is -0.388 e. The average Bonchev–Trinajstić information content (AvgIpc) is 2.81. The molecule has 0 aliphatic heterocycles. The van der Waals surface area contributed by atoms with Crippen molar-refractivity contribution in [3.8, 4) is 0 Å². The zero-order chi connectivity index (χ0) is 13.5. The fraction of sp³-hybridized carbons (Fsp3) is 0.429. The Labute approximate surface area is 115 Å². The number of hydrogen-bond donors (Lipinski definition) is 1. The van der Waals surface area contributed by atoms with Crippen molar-refractivity contribution in [3.05, 3.63) is 39.9 Å². The Morgan fingerprint density at radius 2 is 2.11 bits per heavy atom. The highest BCUT2D eigenvalue weighted by atomic mass is 35.5. The van der Waals surface area contributed by atoms with E-state index >= 15 is 0 Å². The average molecular weight is 279 g/mol. The molecule has 0 radical (unpaired) electrons. The second-order valence-electron chi connectivity index (χ2n) is 5.25. The van der Waals surface area contributed by atoms with Crippen molar-refractivity contribution in [2.75, 3.05) is 0 Å². The van der Waals surface area contributed by atoms with Gasteiger partial charge in [0.2, 0.25) is 0 Å². The van der Waals surface area contributed by atoms with E-state index in [4.69, 9.17) is 11.6 Å². The number of nitrogens with zero attached hydrogens (tertiary/aromatic N) is 2. The number of benzene rings is 1. The molecule has 2 aromatic rings. The van der Waals surface area contributed by atoms with Crippen LogP contribution in [-0.4, -0.2) is 20.3 Å². The van der Waals surface area contributed by atoms with Crippen LogP contribution in [0.5, 0.6) is 0 Å². The molecule has 3 rings (SSSR count). The molecule has 1 aliphatic carbocycles. The van der Waals surface area contributed by atoms with Crippen LogP contribution >= 0.6 is 11.6 Å². The summed E-state index contributed by atoms with van der Waals surface area (Å²) in [5.74, 6) is 0. The zero-order valence-corrected chi connectivity index (χ0v) is 11.2. The number of rotatable bonds is 2. The predicted octanol–water partition coefficient (Wildman–Crippen LogP) is 2.36. The third-order valence-corrected chi connectivity index (χ3v) is 4.11. The van der Waals surface area contributed by atoms with Gasteiger partial charge in [0.25, 0.3) is 5.56 Å². The molecule has 0 unspecified atom stereocenters. The molecule has 0 amide bonds. The molecular weight excluding hydrogens is 264 g/mol. The molecule has 1 saturated carbocycles. The number of fused-ring (bicyclic) bond motifs is 1. The second kappa shape index (κ2) is 4.62. The first-order chi connectivity index (χ1) is 9.09. The maximum absolute atomic E-state index is 12.4. The normalized spacial score (nSPS) is 18.0. The molecule has 1 aromatic heterocycles. The molecule has 0 spiro atoms. The molecule has 1 aliphatic rings. The Bertz CT molecular complexity index is 675. The van der Waals surface area contributed by atoms with E-state index in [2.05, 4.69) is 4.98 Å². The summed E-state index contributed by atoms with van der Waals surface area (Å²) in [5, 5.41) is 11.4. The zero-order valence-electron chi connectivity index (χ0n) is 10.5. The van der Waals surface area contributed by atoms with Gasteiger partial charge in [0, 0.05) is 0 Å². The Balaban J connectivity index is 2.06. The summed E-state index contributed by atoms with van der Waals surface area (Å²) < 4.78 is 1.49. The Morgan fingerprint density at radius 1 is 1.37 bits per heavy atom. The van der Waals surface area contributed by atoms with E-state index in [-0.39, 0.29) is 5.56 Å². The number of halogens is 1. The Hall–Kier alpha value is -1.39.